The summed E-state index contributed by atoms with van der Waals surface area (Å²) in [6, 6.07) is 14.1. The molecule has 2 rings (SSSR count). The molecule has 218 valence electrons. The van der Waals surface area contributed by atoms with Gasteiger partial charge in [0.25, 0.3) is 0 Å². The van der Waals surface area contributed by atoms with Crippen molar-refractivity contribution >= 4 is 36.4 Å². The molecule has 2 unspecified atom stereocenters. The van der Waals surface area contributed by atoms with Gasteiger partial charge < -0.3 is 19.3 Å². The highest BCUT2D eigenvalue weighted by molar-refractivity contribution is 7.92. The molecule has 0 aliphatic heterocycles. The first-order chi connectivity index (χ1) is 18.6. The fourth-order valence-electron chi connectivity index (χ4n) is 3.02. The zero-order valence-corrected chi connectivity index (χ0v) is 24.4. The lowest BCUT2D eigenvalue weighted by molar-refractivity contribution is -0.137. The number of aliphatic hydroxyl groups excluding tert-OH is 1. The summed E-state index contributed by atoms with van der Waals surface area (Å²) in [5.41, 5.74) is 1.31. The Morgan fingerprint density at radius 1 is 0.692 bits per heavy atom. The van der Waals surface area contributed by atoms with E-state index in [-0.39, 0.29) is 20.0 Å². The number of unbranched alkanes of at least 4 members (excludes halogenated alkanes) is 6. The minimum absolute atomic E-state index is 0. The molecule has 2 aromatic rings. The van der Waals surface area contributed by atoms with Gasteiger partial charge >= 0.3 is 5.97 Å². The van der Waals surface area contributed by atoms with Crippen molar-refractivity contribution in [2.75, 3.05) is 26.4 Å². The summed E-state index contributed by atoms with van der Waals surface area (Å²) in [6.07, 6.45) is 10.6. The topological polar surface area (TPSA) is 99.1 Å². The molecule has 1 N–H and O–H groups in total. The molecule has 2 aromatic carbocycles. The summed E-state index contributed by atoms with van der Waals surface area (Å²) in [5, 5.41) is 8.59. The standard InChI is InChI=1S/C16H20O4.C13H18O3.CH4.H4P2/c1-2-16(18)20-12-6-4-3-5-11-19-15-9-7-14(13-17)8-10-15;14-9-3-1-2-4-10-16-13-7-5-12(11-15)6-8-13;;1-2/h2,7-10,13H,1,3-6,11-12H2;5-8,11,14H,1-4,9-10H2;1H4;1-2H2. The summed E-state index contributed by atoms with van der Waals surface area (Å²) in [5.74, 6) is 1.20. The predicted molar refractivity (Wildman–Crippen MR) is 166 cm³/mol. The average molecular weight is 581 g/mol. The second-order valence-corrected chi connectivity index (χ2v) is 7.99. The maximum absolute atomic E-state index is 10.8. The third kappa shape index (κ3) is 22.0. The van der Waals surface area contributed by atoms with Crippen molar-refractivity contribution < 1.29 is 33.7 Å². The molecular formula is C30H46O7P2. The highest BCUT2D eigenvalue weighted by Gasteiger charge is 1.98. The van der Waals surface area contributed by atoms with Crippen molar-refractivity contribution in [1.82, 2.24) is 0 Å². The molecule has 7 nitrogen and oxygen atoms in total. The van der Waals surface area contributed by atoms with Gasteiger partial charge in [0.1, 0.15) is 24.1 Å². The number of aliphatic hydroxyl groups is 1. The maximum Gasteiger partial charge on any atom is 0.330 e. The molecule has 0 fully saturated rings. The van der Waals surface area contributed by atoms with Crippen molar-refractivity contribution in [1.29, 1.82) is 0 Å². The van der Waals surface area contributed by atoms with Crippen LogP contribution >= 0.6 is 17.9 Å². The SMILES string of the molecule is C.C=CC(=O)OCCCCCCOc1ccc(C=O)cc1.O=Cc1ccc(OCCCCCCO)cc1.PP. The van der Waals surface area contributed by atoms with E-state index in [9.17, 15) is 14.4 Å². The van der Waals surface area contributed by atoms with E-state index in [4.69, 9.17) is 19.3 Å². The van der Waals surface area contributed by atoms with Crippen molar-refractivity contribution in [2.24, 2.45) is 0 Å². The smallest absolute Gasteiger partial charge is 0.330 e. The van der Waals surface area contributed by atoms with Gasteiger partial charge in [0.05, 0.1) is 19.8 Å². The summed E-state index contributed by atoms with van der Waals surface area (Å²) in [7, 11) is 4.67. The third-order valence-corrected chi connectivity index (χ3v) is 5.07. The molecule has 0 aliphatic rings. The van der Waals surface area contributed by atoms with E-state index in [0.29, 0.717) is 30.9 Å². The first kappa shape index (κ1) is 38.6. The molecule has 0 spiro atoms. The first-order valence-electron chi connectivity index (χ1n) is 12.7. The van der Waals surface area contributed by atoms with Crippen molar-refractivity contribution in [3.63, 3.8) is 0 Å². The van der Waals surface area contributed by atoms with Gasteiger partial charge in [0, 0.05) is 23.8 Å². The summed E-state index contributed by atoms with van der Waals surface area (Å²) < 4.78 is 15.9. The van der Waals surface area contributed by atoms with Gasteiger partial charge in [-0.05, 0) is 93.5 Å². The van der Waals surface area contributed by atoms with Crippen LogP contribution < -0.4 is 9.47 Å². The summed E-state index contributed by atoms with van der Waals surface area (Å²) in [6.45, 7) is 5.38. The Bertz CT molecular complexity index is 872. The number of esters is 1. The lowest BCUT2D eigenvalue weighted by atomic mass is 10.2. The van der Waals surface area contributed by atoms with Crippen molar-refractivity contribution in [3.8, 4) is 11.5 Å². The van der Waals surface area contributed by atoms with Crippen LogP contribution in [0.25, 0.3) is 0 Å². The van der Waals surface area contributed by atoms with Gasteiger partial charge in [-0.25, -0.2) is 4.79 Å². The number of rotatable bonds is 18. The number of carbonyl (C=O) groups excluding carboxylic acids is 3. The normalized spacial score (nSPS) is 9.31. The minimum atomic E-state index is -0.368. The van der Waals surface area contributed by atoms with E-state index < -0.39 is 0 Å². The van der Waals surface area contributed by atoms with Crippen LogP contribution in [-0.4, -0.2) is 50.1 Å². The predicted octanol–water partition coefficient (Wildman–Crippen LogP) is 6.89. The zero-order chi connectivity index (χ0) is 28.3. The van der Waals surface area contributed by atoms with Gasteiger partial charge in [-0.3, -0.25) is 9.59 Å². The van der Waals surface area contributed by atoms with Gasteiger partial charge in [0.15, 0.2) is 0 Å². The maximum atomic E-state index is 10.8. The first-order valence-corrected chi connectivity index (χ1v) is 15.4. The van der Waals surface area contributed by atoms with Crippen LogP contribution in [0.3, 0.4) is 0 Å². The number of hydrogen-bond acceptors (Lipinski definition) is 7. The third-order valence-electron chi connectivity index (χ3n) is 5.07. The van der Waals surface area contributed by atoms with Crippen LogP contribution in [0, 0.1) is 0 Å². The van der Waals surface area contributed by atoms with Crippen LogP contribution in [0.15, 0.2) is 61.2 Å². The van der Waals surface area contributed by atoms with Crippen molar-refractivity contribution in [2.45, 2.75) is 58.8 Å². The molecule has 9 heteroatoms. The molecule has 0 bridgehead atoms. The van der Waals surface area contributed by atoms with E-state index in [1.165, 1.54) is 6.08 Å². The fraction of sp³-hybridized carbons (Fsp3) is 0.433. The Kier molecular flexibility index (Phi) is 28.1. The van der Waals surface area contributed by atoms with E-state index >= 15 is 0 Å². The van der Waals surface area contributed by atoms with E-state index in [1.54, 1.807) is 48.5 Å². The molecule has 2 atom stereocenters. The van der Waals surface area contributed by atoms with Gasteiger partial charge in [0.2, 0.25) is 0 Å². The fourth-order valence-corrected chi connectivity index (χ4v) is 3.02. The van der Waals surface area contributed by atoms with Crippen LogP contribution in [0.1, 0.15) is 79.5 Å². The van der Waals surface area contributed by atoms with Crippen LogP contribution in [0.5, 0.6) is 11.5 Å². The Balaban J connectivity index is 0. The largest absolute Gasteiger partial charge is 0.494 e. The lowest BCUT2D eigenvalue weighted by Gasteiger charge is -2.06. The lowest BCUT2D eigenvalue weighted by Crippen LogP contribution is -2.02. The molecule has 0 radical (unpaired) electrons. The molecule has 0 heterocycles. The average Bonchev–Trinajstić information content (AvgIpc) is 2.98. The Labute approximate surface area is 239 Å². The van der Waals surface area contributed by atoms with Crippen LogP contribution in [-0.2, 0) is 9.53 Å². The van der Waals surface area contributed by atoms with Gasteiger partial charge in [-0.2, -0.15) is 0 Å². The molecule has 0 saturated heterocycles. The molecule has 0 aromatic heterocycles. The van der Waals surface area contributed by atoms with Crippen molar-refractivity contribution in [3.05, 3.63) is 72.3 Å². The highest BCUT2D eigenvalue weighted by atomic mass is 32.0. The monoisotopic (exact) mass is 580 g/mol. The van der Waals surface area contributed by atoms with Gasteiger partial charge in [-0.15, -0.1) is 17.9 Å². The molecular weight excluding hydrogens is 534 g/mol. The zero-order valence-electron chi connectivity index (χ0n) is 22.1. The molecule has 0 saturated carbocycles. The Hall–Kier alpha value is -2.59. The summed E-state index contributed by atoms with van der Waals surface area (Å²) in [4.78, 5) is 31.7. The number of ether oxygens (including phenoxy) is 3. The summed E-state index contributed by atoms with van der Waals surface area (Å²) >= 11 is 0. The Morgan fingerprint density at radius 2 is 1.08 bits per heavy atom. The number of aldehydes is 2. The number of carbonyl (C=O) groups is 3. The van der Waals surface area contributed by atoms with Gasteiger partial charge in [-0.1, -0.05) is 20.4 Å². The second-order valence-electron chi connectivity index (χ2n) is 7.99. The highest BCUT2D eigenvalue weighted by Crippen LogP contribution is 2.13. The van der Waals surface area contributed by atoms with E-state index in [2.05, 4.69) is 24.4 Å². The quantitative estimate of drug-likeness (QED) is 0.0674. The molecule has 39 heavy (non-hydrogen) atoms. The number of benzene rings is 2. The minimum Gasteiger partial charge on any atom is -0.494 e. The molecule has 0 aliphatic carbocycles. The Morgan fingerprint density at radius 3 is 1.44 bits per heavy atom. The van der Waals surface area contributed by atoms with Crippen LogP contribution in [0.4, 0.5) is 0 Å². The molecule has 0 amide bonds. The van der Waals surface area contributed by atoms with E-state index in [0.717, 1.165) is 75.4 Å². The van der Waals surface area contributed by atoms with Crippen LogP contribution in [0.2, 0.25) is 0 Å². The number of hydrogen-bond donors (Lipinski definition) is 1. The van der Waals surface area contributed by atoms with E-state index in [1.807, 2.05) is 0 Å². The second kappa shape index (κ2) is 28.4.